The van der Waals surface area contributed by atoms with Crippen molar-refractivity contribution in [1.82, 2.24) is 10.2 Å². The zero-order valence-electron chi connectivity index (χ0n) is 11.9. The van der Waals surface area contributed by atoms with Crippen LogP contribution in [0.1, 0.15) is 24.0 Å². The minimum Gasteiger partial charge on any atom is -0.369 e. The summed E-state index contributed by atoms with van der Waals surface area (Å²) in [6, 6.07) is 6.43. The van der Waals surface area contributed by atoms with Crippen LogP contribution in [0.15, 0.2) is 18.2 Å². The summed E-state index contributed by atoms with van der Waals surface area (Å²) >= 11 is 6.29. The zero-order chi connectivity index (χ0) is 14.5. The van der Waals surface area contributed by atoms with Gasteiger partial charge in [0.05, 0.1) is 6.54 Å². The number of piperidine rings is 1. The van der Waals surface area contributed by atoms with Gasteiger partial charge in [-0.25, -0.2) is 0 Å². The van der Waals surface area contributed by atoms with Crippen LogP contribution in [0, 0.1) is 6.92 Å². The molecule has 1 fully saturated rings. The van der Waals surface area contributed by atoms with E-state index in [-0.39, 0.29) is 12.5 Å². The predicted octanol–water partition coefficient (Wildman–Crippen LogP) is 1.69. The second-order valence-corrected chi connectivity index (χ2v) is 5.85. The summed E-state index contributed by atoms with van der Waals surface area (Å²) in [5, 5.41) is 4.09. The third-order valence-corrected chi connectivity index (χ3v) is 4.12. The zero-order valence-corrected chi connectivity index (χ0v) is 12.6. The molecule has 1 amide bonds. The molecule has 1 aromatic carbocycles. The van der Waals surface area contributed by atoms with E-state index in [2.05, 4.69) is 10.2 Å². The molecule has 20 heavy (non-hydrogen) atoms. The number of primary amides is 1. The molecule has 1 saturated heterocycles. The molecule has 1 aromatic rings. The Morgan fingerprint density at radius 3 is 2.75 bits per heavy atom. The molecule has 4 nitrogen and oxygen atoms in total. The van der Waals surface area contributed by atoms with Gasteiger partial charge in [-0.1, -0.05) is 23.7 Å². The number of nitrogens with two attached hydrogens (primary N) is 1. The molecule has 5 heteroatoms. The van der Waals surface area contributed by atoms with Crippen molar-refractivity contribution in [1.29, 1.82) is 0 Å². The molecule has 0 spiro atoms. The van der Waals surface area contributed by atoms with Crippen molar-refractivity contribution in [2.75, 3.05) is 19.6 Å². The molecule has 0 unspecified atom stereocenters. The average molecular weight is 296 g/mol. The number of nitrogens with zero attached hydrogens (tertiary/aromatic N) is 1. The fourth-order valence-electron chi connectivity index (χ4n) is 2.69. The van der Waals surface area contributed by atoms with Gasteiger partial charge in [-0.15, -0.1) is 0 Å². The van der Waals surface area contributed by atoms with Gasteiger partial charge in [-0.3, -0.25) is 9.69 Å². The minimum atomic E-state index is -0.285. The molecule has 3 N–H and O–H groups in total. The maximum absolute atomic E-state index is 11.3. The number of nitrogens with one attached hydrogen (secondary N) is 1. The lowest BCUT2D eigenvalue weighted by Crippen LogP contribution is -2.46. The molecule has 1 aliphatic rings. The predicted molar refractivity (Wildman–Crippen MR) is 81.7 cm³/mol. The highest BCUT2D eigenvalue weighted by molar-refractivity contribution is 6.31. The summed E-state index contributed by atoms with van der Waals surface area (Å²) in [6.07, 6.45) is 2.08. The van der Waals surface area contributed by atoms with E-state index in [0.29, 0.717) is 12.6 Å². The van der Waals surface area contributed by atoms with Gasteiger partial charge in [0.15, 0.2) is 0 Å². The van der Waals surface area contributed by atoms with Crippen LogP contribution in [-0.2, 0) is 11.3 Å². The lowest BCUT2D eigenvalue weighted by Gasteiger charge is -2.34. The van der Waals surface area contributed by atoms with Crippen LogP contribution in [0.5, 0.6) is 0 Å². The van der Waals surface area contributed by atoms with Crippen molar-refractivity contribution in [3.8, 4) is 0 Å². The Balaban J connectivity index is 2.11. The SMILES string of the molecule is Cc1ccc(CN(CC(N)=O)C2CCNCC2)c(Cl)c1. The number of rotatable bonds is 5. The third kappa shape index (κ3) is 4.20. The molecule has 0 aliphatic carbocycles. The van der Waals surface area contributed by atoms with Crippen LogP contribution in [0.25, 0.3) is 0 Å². The summed E-state index contributed by atoms with van der Waals surface area (Å²) in [6.45, 7) is 4.95. The lowest BCUT2D eigenvalue weighted by molar-refractivity contribution is -0.120. The highest BCUT2D eigenvalue weighted by Gasteiger charge is 2.23. The van der Waals surface area contributed by atoms with Gasteiger partial charge in [-0.2, -0.15) is 0 Å². The van der Waals surface area contributed by atoms with Crippen LogP contribution < -0.4 is 11.1 Å². The third-order valence-electron chi connectivity index (χ3n) is 3.77. The van der Waals surface area contributed by atoms with Crippen molar-refractivity contribution in [3.63, 3.8) is 0 Å². The van der Waals surface area contributed by atoms with E-state index in [1.54, 1.807) is 0 Å². The number of benzene rings is 1. The van der Waals surface area contributed by atoms with Crippen molar-refractivity contribution in [3.05, 3.63) is 34.3 Å². The number of halogens is 1. The molecule has 0 saturated carbocycles. The fourth-order valence-corrected chi connectivity index (χ4v) is 2.98. The van der Waals surface area contributed by atoms with Crippen LogP contribution in [0.3, 0.4) is 0 Å². The van der Waals surface area contributed by atoms with E-state index in [0.717, 1.165) is 42.1 Å². The maximum Gasteiger partial charge on any atom is 0.231 e. The largest absolute Gasteiger partial charge is 0.369 e. The normalized spacial score (nSPS) is 16.6. The van der Waals surface area contributed by atoms with Crippen LogP contribution in [0.2, 0.25) is 5.02 Å². The van der Waals surface area contributed by atoms with Gasteiger partial charge in [0, 0.05) is 17.6 Å². The Morgan fingerprint density at radius 1 is 1.45 bits per heavy atom. The van der Waals surface area contributed by atoms with Crippen molar-refractivity contribution in [2.45, 2.75) is 32.4 Å². The molecule has 110 valence electrons. The van der Waals surface area contributed by atoms with Gasteiger partial charge in [-0.05, 0) is 50.0 Å². The van der Waals surface area contributed by atoms with Gasteiger partial charge in [0.25, 0.3) is 0 Å². The molecule has 0 aromatic heterocycles. The molecule has 1 heterocycles. The van der Waals surface area contributed by atoms with E-state index >= 15 is 0 Å². The minimum absolute atomic E-state index is 0.285. The van der Waals surface area contributed by atoms with Gasteiger partial charge in [0.1, 0.15) is 0 Å². The first kappa shape index (κ1) is 15.3. The highest BCUT2D eigenvalue weighted by atomic mass is 35.5. The Kier molecular flexibility index (Phi) is 5.40. The summed E-state index contributed by atoms with van der Waals surface area (Å²) in [4.78, 5) is 13.5. The van der Waals surface area contributed by atoms with Gasteiger partial charge in [0.2, 0.25) is 5.91 Å². The number of hydrogen-bond donors (Lipinski definition) is 2. The highest BCUT2D eigenvalue weighted by Crippen LogP contribution is 2.22. The average Bonchev–Trinajstić information content (AvgIpc) is 2.41. The summed E-state index contributed by atoms with van der Waals surface area (Å²) in [5.74, 6) is -0.285. The fraction of sp³-hybridized carbons (Fsp3) is 0.533. The first-order valence-corrected chi connectivity index (χ1v) is 7.42. The summed E-state index contributed by atoms with van der Waals surface area (Å²) in [5.41, 5.74) is 7.58. The van der Waals surface area contributed by atoms with Crippen LogP contribution in [0.4, 0.5) is 0 Å². The smallest absolute Gasteiger partial charge is 0.231 e. The van der Waals surface area contributed by atoms with Crippen molar-refractivity contribution < 1.29 is 4.79 Å². The first-order valence-electron chi connectivity index (χ1n) is 7.04. The second kappa shape index (κ2) is 7.07. The molecular weight excluding hydrogens is 274 g/mol. The van der Waals surface area contributed by atoms with E-state index < -0.39 is 0 Å². The first-order chi connectivity index (χ1) is 9.56. The number of carbonyl (C=O) groups excluding carboxylic acids is 1. The molecular formula is C15H22ClN3O. The van der Waals surface area contributed by atoms with E-state index in [1.165, 1.54) is 0 Å². The molecule has 1 aliphatic heterocycles. The molecule has 0 bridgehead atoms. The van der Waals surface area contributed by atoms with Gasteiger partial charge < -0.3 is 11.1 Å². The van der Waals surface area contributed by atoms with Crippen molar-refractivity contribution >= 4 is 17.5 Å². The number of amides is 1. The number of carbonyl (C=O) groups is 1. The second-order valence-electron chi connectivity index (χ2n) is 5.45. The summed E-state index contributed by atoms with van der Waals surface area (Å²) < 4.78 is 0. The van der Waals surface area contributed by atoms with E-state index in [1.807, 2.05) is 25.1 Å². The molecule has 0 atom stereocenters. The lowest BCUT2D eigenvalue weighted by atomic mass is 10.0. The van der Waals surface area contributed by atoms with E-state index in [4.69, 9.17) is 17.3 Å². The van der Waals surface area contributed by atoms with E-state index in [9.17, 15) is 4.79 Å². The maximum atomic E-state index is 11.3. The summed E-state index contributed by atoms with van der Waals surface area (Å²) in [7, 11) is 0. The van der Waals surface area contributed by atoms with Crippen molar-refractivity contribution in [2.24, 2.45) is 5.73 Å². The Bertz CT molecular complexity index is 472. The monoisotopic (exact) mass is 295 g/mol. The number of hydrogen-bond acceptors (Lipinski definition) is 3. The van der Waals surface area contributed by atoms with Crippen LogP contribution in [-0.4, -0.2) is 36.5 Å². The Morgan fingerprint density at radius 2 is 2.15 bits per heavy atom. The topological polar surface area (TPSA) is 58.4 Å². The Labute approximate surface area is 125 Å². The Hall–Kier alpha value is -1.10. The van der Waals surface area contributed by atoms with Gasteiger partial charge >= 0.3 is 0 Å². The molecule has 0 radical (unpaired) electrons. The quantitative estimate of drug-likeness (QED) is 0.869. The standard InChI is InChI=1S/C15H22ClN3O/c1-11-2-3-12(14(16)8-11)9-19(10-15(17)20)13-4-6-18-7-5-13/h2-3,8,13,18H,4-7,9-10H2,1H3,(H2,17,20). The van der Waals surface area contributed by atoms with Crippen LogP contribution >= 0.6 is 11.6 Å². The molecule has 2 rings (SSSR count). The number of aryl methyl sites for hydroxylation is 1.